The van der Waals surface area contributed by atoms with Crippen LogP contribution in [-0.4, -0.2) is 48.8 Å². The van der Waals surface area contributed by atoms with E-state index in [0.717, 1.165) is 56.9 Å². The summed E-state index contributed by atoms with van der Waals surface area (Å²) < 4.78 is 6.11. The molecule has 3 aliphatic rings. The van der Waals surface area contributed by atoms with Gasteiger partial charge in [0.05, 0.1) is 0 Å². The molecule has 0 spiro atoms. The van der Waals surface area contributed by atoms with Gasteiger partial charge in [0.25, 0.3) is 0 Å². The van der Waals surface area contributed by atoms with Gasteiger partial charge in [0.2, 0.25) is 5.91 Å². The zero-order valence-electron chi connectivity index (χ0n) is 16.9. The van der Waals surface area contributed by atoms with Crippen molar-refractivity contribution in [2.45, 2.75) is 62.4 Å². The van der Waals surface area contributed by atoms with Gasteiger partial charge in [-0.1, -0.05) is 31.4 Å². The summed E-state index contributed by atoms with van der Waals surface area (Å²) in [5.74, 6) is 3.78. The Morgan fingerprint density at radius 2 is 1.82 bits per heavy atom. The highest BCUT2D eigenvalue weighted by Gasteiger charge is 2.26. The Kier molecular flexibility index (Phi) is 7.19. The molecule has 1 unspecified atom stereocenters. The first-order chi connectivity index (χ1) is 13.8. The van der Waals surface area contributed by atoms with Crippen molar-refractivity contribution in [3.8, 4) is 5.75 Å². The fourth-order valence-electron chi connectivity index (χ4n) is 4.77. The number of likely N-dealkylation sites (tertiary alicyclic amines) is 1. The lowest BCUT2D eigenvalue weighted by Gasteiger charge is -2.34. The Morgan fingerprint density at radius 3 is 2.64 bits per heavy atom. The summed E-state index contributed by atoms with van der Waals surface area (Å²) in [6, 6.07) is 8.31. The van der Waals surface area contributed by atoms with Crippen LogP contribution in [0.5, 0.6) is 5.75 Å². The minimum absolute atomic E-state index is 0.247. The van der Waals surface area contributed by atoms with Crippen LogP contribution in [0.3, 0.4) is 0 Å². The summed E-state index contributed by atoms with van der Waals surface area (Å²) in [4.78, 5) is 16.0. The Bertz CT molecular complexity index is 639. The molecule has 0 bridgehead atoms. The number of para-hydroxylation sites is 1. The molecule has 5 heteroatoms. The zero-order valence-corrected chi connectivity index (χ0v) is 17.7. The summed E-state index contributed by atoms with van der Waals surface area (Å²) in [7, 11) is 0. The van der Waals surface area contributed by atoms with E-state index in [9.17, 15) is 4.79 Å². The molecule has 0 aromatic heterocycles. The first-order valence-electron chi connectivity index (χ1n) is 11.1. The molecule has 4 rings (SSSR count). The normalized spacial score (nSPS) is 23.9. The van der Waals surface area contributed by atoms with Gasteiger partial charge in [0.1, 0.15) is 11.9 Å². The minimum atomic E-state index is 0.247. The number of rotatable bonds is 6. The van der Waals surface area contributed by atoms with Crippen molar-refractivity contribution in [3.63, 3.8) is 0 Å². The van der Waals surface area contributed by atoms with Crippen molar-refractivity contribution in [1.29, 1.82) is 0 Å². The number of thioether (sulfide) groups is 1. The van der Waals surface area contributed by atoms with Crippen LogP contribution in [0, 0.1) is 11.8 Å². The van der Waals surface area contributed by atoms with Gasteiger partial charge in [-0.25, -0.2) is 0 Å². The summed E-state index contributed by atoms with van der Waals surface area (Å²) in [6.07, 6.45) is 9.83. The van der Waals surface area contributed by atoms with Crippen LogP contribution in [-0.2, 0) is 4.79 Å². The van der Waals surface area contributed by atoms with Gasteiger partial charge in [-0.3, -0.25) is 4.79 Å². The highest BCUT2D eigenvalue weighted by atomic mass is 32.2. The molecule has 2 aliphatic heterocycles. The summed E-state index contributed by atoms with van der Waals surface area (Å²) in [6.45, 7) is 3.83. The van der Waals surface area contributed by atoms with Gasteiger partial charge >= 0.3 is 0 Å². The molecule has 1 aromatic rings. The van der Waals surface area contributed by atoms with Gasteiger partial charge in [0, 0.05) is 36.7 Å². The van der Waals surface area contributed by atoms with E-state index < -0.39 is 0 Å². The number of benzene rings is 1. The van der Waals surface area contributed by atoms with Crippen LogP contribution in [0.15, 0.2) is 29.2 Å². The second kappa shape index (κ2) is 10.0. The maximum Gasteiger partial charge on any atom is 0.222 e. The van der Waals surface area contributed by atoms with Gasteiger partial charge in [0.15, 0.2) is 0 Å². The number of piperidine rings is 1. The number of nitrogens with zero attached hydrogens (tertiary/aromatic N) is 1. The molecule has 1 amide bonds. The Labute approximate surface area is 173 Å². The third kappa shape index (κ3) is 5.44. The van der Waals surface area contributed by atoms with E-state index in [1.807, 2.05) is 17.8 Å². The quantitative estimate of drug-likeness (QED) is 0.769. The molecule has 1 aliphatic carbocycles. The van der Waals surface area contributed by atoms with E-state index in [1.165, 1.54) is 37.0 Å². The van der Waals surface area contributed by atoms with Crippen LogP contribution >= 0.6 is 11.8 Å². The molecule has 154 valence electrons. The number of fused-ring (bicyclic) bond motifs is 1. The number of ether oxygens (including phenoxy) is 1. The Balaban J connectivity index is 1.12. The van der Waals surface area contributed by atoms with Crippen LogP contribution in [0.2, 0.25) is 0 Å². The van der Waals surface area contributed by atoms with E-state index >= 15 is 0 Å². The predicted octanol–water partition coefficient (Wildman–Crippen LogP) is 4.34. The second-order valence-electron chi connectivity index (χ2n) is 8.69. The van der Waals surface area contributed by atoms with Gasteiger partial charge in [-0.15, -0.1) is 11.8 Å². The first kappa shape index (κ1) is 20.1. The third-order valence-corrected chi connectivity index (χ3v) is 7.71. The molecule has 0 radical (unpaired) electrons. The number of carbonyl (C=O) groups is 1. The molecule has 1 aromatic carbocycles. The molecule has 1 saturated heterocycles. The molecule has 1 saturated carbocycles. The van der Waals surface area contributed by atoms with E-state index in [-0.39, 0.29) is 6.10 Å². The Hall–Kier alpha value is -1.20. The molecule has 28 heavy (non-hydrogen) atoms. The number of hydrogen-bond donors (Lipinski definition) is 1. The van der Waals surface area contributed by atoms with E-state index in [0.29, 0.717) is 17.7 Å². The number of amides is 1. The third-order valence-electron chi connectivity index (χ3n) is 6.53. The van der Waals surface area contributed by atoms with Crippen LogP contribution in [0.25, 0.3) is 0 Å². The molecular weight excluding hydrogens is 368 g/mol. The van der Waals surface area contributed by atoms with Gasteiger partial charge < -0.3 is 15.0 Å². The maximum atomic E-state index is 12.6. The lowest BCUT2D eigenvalue weighted by atomic mass is 9.86. The topological polar surface area (TPSA) is 41.6 Å². The van der Waals surface area contributed by atoms with Crippen molar-refractivity contribution in [3.05, 3.63) is 24.3 Å². The van der Waals surface area contributed by atoms with Crippen molar-refractivity contribution < 1.29 is 9.53 Å². The van der Waals surface area contributed by atoms with Crippen molar-refractivity contribution in [2.24, 2.45) is 11.8 Å². The van der Waals surface area contributed by atoms with Crippen molar-refractivity contribution >= 4 is 17.7 Å². The Morgan fingerprint density at radius 1 is 1.04 bits per heavy atom. The molecular formula is C23H34N2O2S. The SMILES string of the molecule is O=C(CC1CCCCC1)N1CCC(CNCC2CSc3ccccc3O2)CC1. The van der Waals surface area contributed by atoms with E-state index in [4.69, 9.17) is 4.74 Å². The smallest absolute Gasteiger partial charge is 0.222 e. The average Bonchev–Trinajstić information content (AvgIpc) is 2.75. The maximum absolute atomic E-state index is 12.6. The van der Waals surface area contributed by atoms with Crippen molar-refractivity contribution in [2.75, 3.05) is 31.9 Å². The summed E-state index contributed by atoms with van der Waals surface area (Å²) >= 11 is 1.89. The summed E-state index contributed by atoms with van der Waals surface area (Å²) in [5.41, 5.74) is 0. The first-order valence-corrected chi connectivity index (χ1v) is 12.1. The average molecular weight is 403 g/mol. The lowest BCUT2D eigenvalue weighted by Crippen LogP contribution is -2.43. The fourth-order valence-corrected chi connectivity index (χ4v) is 5.75. The molecule has 2 fully saturated rings. The largest absolute Gasteiger partial charge is 0.487 e. The van der Waals surface area contributed by atoms with Crippen molar-refractivity contribution in [1.82, 2.24) is 10.2 Å². The van der Waals surface area contributed by atoms with E-state index in [1.54, 1.807) is 0 Å². The summed E-state index contributed by atoms with van der Waals surface area (Å²) in [5, 5.41) is 3.62. The van der Waals surface area contributed by atoms with Crippen LogP contribution < -0.4 is 10.1 Å². The monoisotopic (exact) mass is 402 g/mol. The van der Waals surface area contributed by atoms with Gasteiger partial charge in [-0.2, -0.15) is 0 Å². The fraction of sp³-hybridized carbons (Fsp3) is 0.696. The number of carbonyl (C=O) groups excluding carboxylic acids is 1. The molecule has 2 heterocycles. The lowest BCUT2D eigenvalue weighted by molar-refractivity contribution is -0.133. The zero-order chi connectivity index (χ0) is 19.2. The van der Waals surface area contributed by atoms with Crippen LogP contribution in [0.1, 0.15) is 51.4 Å². The standard InChI is InChI=1S/C23H34N2O2S/c26-23(14-18-6-2-1-3-7-18)25-12-10-19(11-13-25)15-24-16-20-17-28-22-9-5-4-8-21(22)27-20/h4-5,8-9,18-20,24H,1-3,6-7,10-17H2. The second-order valence-corrected chi connectivity index (χ2v) is 9.75. The number of hydrogen-bond acceptors (Lipinski definition) is 4. The van der Waals surface area contributed by atoms with Gasteiger partial charge in [-0.05, 0) is 56.2 Å². The van der Waals surface area contributed by atoms with Crippen LogP contribution in [0.4, 0.5) is 0 Å². The molecule has 1 atom stereocenters. The molecule has 4 nitrogen and oxygen atoms in total. The minimum Gasteiger partial charge on any atom is -0.487 e. The highest BCUT2D eigenvalue weighted by Crippen LogP contribution is 2.34. The predicted molar refractivity (Wildman–Crippen MR) is 115 cm³/mol. The molecule has 1 N–H and O–H groups in total. The highest BCUT2D eigenvalue weighted by molar-refractivity contribution is 7.99. The van der Waals surface area contributed by atoms with E-state index in [2.05, 4.69) is 28.4 Å². The number of nitrogens with one attached hydrogen (secondary N) is 1.